The molecule has 0 radical (unpaired) electrons. The van der Waals surface area contributed by atoms with Crippen molar-refractivity contribution in [2.24, 2.45) is 5.92 Å². The Balaban J connectivity index is 1.44. The van der Waals surface area contributed by atoms with Gasteiger partial charge in [0.15, 0.2) is 0 Å². The first-order valence-corrected chi connectivity index (χ1v) is 8.73. The number of methoxy groups -OCH3 is 1. The van der Waals surface area contributed by atoms with E-state index in [4.69, 9.17) is 4.74 Å². The fraction of sp³-hybridized carbons (Fsp3) is 0.300. The van der Waals surface area contributed by atoms with Crippen LogP contribution in [0.1, 0.15) is 18.4 Å². The van der Waals surface area contributed by atoms with Crippen LogP contribution in [0.15, 0.2) is 48.5 Å². The van der Waals surface area contributed by atoms with Crippen molar-refractivity contribution in [3.8, 4) is 5.75 Å². The molecule has 0 heterocycles. The van der Waals surface area contributed by atoms with Crippen molar-refractivity contribution in [2.75, 3.05) is 24.3 Å². The molecule has 26 heavy (non-hydrogen) atoms. The summed E-state index contributed by atoms with van der Waals surface area (Å²) in [6.45, 7) is 0.524. The highest BCUT2D eigenvalue weighted by atomic mass is 16.5. The molecule has 6 nitrogen and oxygen atoms in total. The molecule has 0 unspecified atom stereocenters. The summed E-state index contributed by atoms with van der Waals surface area (Å²) in [6, 6.07) is 14.6. The first-order chi connectivity index (χ1) is 12.6. The second kappa shape index (κ2) is 8.38. The molecule has 2 aromatic rings. The second-order valence-corrected chi connectivity index (χ2v) is 6.32. The molecular formula is C20H23N3O3. The third-order valence-electron chi connectivity index (χ3n) is 4.19. The summed E-state index contributed by atoms with van der Waals surface area (Å²) in [7, 11) is 1.63. The minimum absolute atomic E-state index is 0.0473. The van der Waals surface area contributed by atoms with E-state index in [0.29, 0.717) is 17.9 Å². The van der Waals surface area contributed by atoms with E-state index in [1.807, 2.05) is 30.3 Å². The van der Waals surface area contributed by atoms with Crippen LogP contribution >= 0.6 is 0 Å². The quantitative estimate of drug-likeness (QED) is 0.714. The van der Waals surface area contributed by atoms with Crippen LogP contribution < -0.4 is 20.7 Å². The summed E-state index contributed by atoms with van der Waals surface area (Å²) in [4.78, 5) is 23.8. The molecule has 3 amide bonds. The Hall–Kier alpha value is -3.02. The van der Waals surface area contributed by atoms with Crippen molar-refractivity contribution >= 4 is 23.3 Å². The van der Waals surface area contributed by atoms with Gasteiger partial charge in [-0.2, -0.15) is 0 Å². The van der Waals surface area contributed by atoms with Crippen molar-refractivity contribution in [3.63, 3.8) is 0 Å². The van der Waals surface area contributed by atoms with Crippen molar-refractivity contribution in [3.05, 3.63) is 54.1 Å². The summed E-state index contributed by atoms with van der Waals surface area (Å²) >= 11 is 0. The maximum Gasteiger partial charge on any atom is 0.319 e. The number of ether oxygens (including phenoxy) is 1. The van der Waals surface area contributed by atoms with Gasteiger partial charge in [-0.3, -0.25) is 4.79 Å². The SMILES string of the molecule is COc1ccc(CCNC(=O)Nc2cccc(NC(=O)C3CC3)c2)cc1. The molecule has 3 rings (SSSR count). The standard InChI is InChI=1S/C20H23N3O3/c1-26-18-9-5-14(6-10-18)11-12-21-20(25)23-17-4-2-3-16(13-17)22-19(24)15-7-8-15/h2-6,9-10,13,15H,7-8,11-12H2,1H3,(H,22,24)(H2,21,23,25). The first-order valence-electron chi connectivity index (χ1n) is 8.73. The molecule has 0 aromatic heterocycles. The van der Waals surface area contributed by atoms with Gasteiger partial charge in [0.25, 0.3) is 0 Å². The zero-order valence-electron chi connectivity index (χ0n) is 14.7. The van der Waals surface area contributed by atoms with Crippen LogP contribution in [-0.2, 0) is 11.2 Å². The smallest absolute Gasteiger partial charge is 0.319 e. The fourth-order valence-electron chi connectivity index (χ4n) is 2.55. The maximum atomic E-state index is 12.0. The number of carbonyl (C=O) groups excluding carboxylic acids is 2. The number of hydrogen-bond acceptors (Lipinski definition) is 3. The van der Waals surface area contributed by atoms with Crippen molar-refractivity contribution in [1.29, 1.82) is 0 Å². The van der Waals surface area contributed by atoms with Gasteiger partial charge in [-0.1, -0.05) is 18.2 Å². The number of hydrogen-bond donors (Lipinski definition) is 3. The van der Waals surface area contributed by atoms with Gasteiger partial charge in [0.05, 0.1) is 7.11 Å². The van der Waals surface area contributed by atoms with Gasteiger partial charge >= 0.3 is 6.03 Å². The van der Waals surface area contributed by atoms with Crippen LogP contribution in [0.3, 0.4) is 0 Å². The number of nitrogens with one attached hydrogen (secondary N) is 3. The van der Waals surface area contributed by atoms with Crippen LogP contribution in [0.4, 0.5) is 16.2 Å². The molecule has 0 atom stereocenters. The summed E-state index contributed by atoms with van der Waals surface area (Å²) < 4.78 is 5.12. The molecule has 1 fully saturated rings. The number of carbonyl (C=O) groups is 2. The Morgan fingerprint density at radius 1 is 1.04 bits per heavy atom. The minimum Gasteiger partial charge on any atom is -0.497 e. The van der Waals surface area contributed by atoms with Gasteiger partial charge in [0.1, 0.15) is 5.75 Å². The van der Waals surface area contributed by atoms with Gasteiger partial charge in [-0.15, -0.1) is 0 Å². The molecule has 0 spiro atoms. The molecule has 1 saturated carbocycles. The normalized spacial score (nSPS) is 13.0. The van der Waals surface area contributed by atoms with E-state index < -0.39 is 0 Å². The third kappa shape index (κ3) is 5.24. The number of rotatable bonds is 7. The van der Waals surface area contributed by atoms with Crippen molar-refractivity contribution < 1.29 is 14.3 Å². The topological polar surface area (TPSA) is 79.5 Å². The van der Waals surface area contributed by atoms with Gasteiger partial charge in [0, 0.05) is 23.8 Å². The number of anilines is 2. The minimum atomic E-state index is -0.274. The Kier molecular flexibility index (Phi) is 5.73. The lowest BCUT2D eigenvalue weighted by atomic mass is 10.1. The lowest BCUT2D eigenvalue weighted by molar-refractivity contribution is -0.117. The fourth-order valence-corrected chi connectivity index (χ4v) is 2.55. The molecule has 0 bridgehead atoms. The number of urea groups is 1. The first kappa shape index (κ1) is 17.8. The number of benzene rings is 2. The molecule has 3 N–H and O–H groups in total. The van der Waals surface area contributed by atoms with Crippen LogP contribution in [-0.4, -0.2) is 25.6 Å². The van der Waals surface area contributed by atoms with E-state index in [1.165, 1.54) is 0 Å². The third-order valence-corrected chi connectivity index (χ3v) is 4.19. The summed E-state index contributed by atoms with van der Waals surface area (Å²) in [5, 5.41) is 8.48. The van der Waals surface area contributed by atoms with Crippen LogP contribution in [0.5, 0.6) is 5.75 Å². The summed E-state index contributed by atoms with van der Waals surface area (Å²) in [5.41, 5.74) is 2.45. The average molecular weight is 353 g/mol. The summed E-state index contributed by atoms with van der Waals surface area (Å²) in [5.74, 6) is 1.01. The predicted molar refractivity (Wildman–Crippen MR) is 102 cm³/mol. The van der Waals surface area contributed by atoms with Gasteiger partial charge < -0.3 is 20.7 Å². The van der Waals surface area contributed by atoms with E-state index in [0.717, 1.165) is 30.6 Å². The Labute approximate surface area is 152 Å². The van der Waals surface area contributed by atoms with Crippen molar-refractivity contribution in [2.45, 2.75) is 19.3 Å². The van der Waals surface area contributed by atoms with Gasteiger partial charge in [-0.25, -0.2) is 4.79 Å². The molecule has 1 aliphatic rings. The van der Waals surface area contributed by atoms with Gasteiger partial charge in [0.2, 0.25) is 5.91 Å². The molecule has 1 aliphatic carbocycles. The molecule has 2 aromatic carbocycles. The van der Waals surface area contributed by atoms with E-state index in [1.54, 1.807) is 25.3 Å². The monoisotopic (exact) mass is 353 g/mol. The second-order valence-electron chi connectivity index (χ2n) is 6.32. The molecule has 0 aliphatic heterocycles. The highest BCUT2D eigenvalue weighted by Crippen LogP contribution is 2.30. The van der Waals surface area contributed by atoms with E-state index in [2.05, 4.69) is 16.0 Å². The van der Waals surface area contributed by atoms with Crippen LogP contribution in [0.25, 0.3) is 0 Å². The maximum absolute atomic E-state index is 12.0. The van der Waals surface area contributed by atoms with Crippen molar-refractivity contribution in [1.82, 2.24) is 5.32 Å². The highest BCUT2D eigenvalue weighted by Gasteiger charge is 2.29. The van der Waals surface area contributed by atoms with E-state index in [-0.39, 0.29) is 17.9 Å². The molecular weight excluding hydrogens is 330 g/mol. The van der Waals surface area contributed by atoms with Gasteiger partial charge in [-0.05, 0) is 55.2 Å². The zero-order chi connectivity index (χ0) is 18.4. The lowest BCUT2D eigenvalue weighted by Crippen LogP contribution is -2.30. The Morgan fingerprint density at radius 3 is 2.38 bits per heavy atom. The van der Waals surface area contributed by atoms with Crippen LogP contribution in [0, 0.1) is 5.92 Å². The zero-order valence-corrected chi connectivity index (χ0v) is 14.7. The van der Waals surface area contributed by atoms with E-state index in [9.17, 15) is 9.59 Å². The Morgan fingerprint density at radius 2 is 1.73 bits per heavy atom. The van der Waals surface area contributed by atoms with E-state index >= 15 is 0 Å². The lowest BCUT2D eigenvalue weighted by Gasteiger charge is -2.10. The largest absolute Gasteiger partial charge is 0.497 e. The molecule has 6 heteroatoms. The number of amides is 3. The molecule has 136 valence electrons. The van der Waals surface area contributed by atoms with Crippen LogP contribution in [0.2, 0.25) is 0 Å². The highest BCUT2D eigenvalue weighted by molar-refractivity contribution is 5.95. The average Bonchev–Trinajstić information content (AvgIpc) is 3.48. The summed E-state index contributed by atoms with van der Waals surface area (Å²) in [6.07, 6.45) is 2.65. The predicted octanol–water partition coefficient (Wildman–Crippen LogP) is 3.41. The molecule has 0 saturated heterocycles. The Bertz CT molecular complexity index is 770.